The summed E-state index contributed by atoms with van der Waals surface area (Å²) in [5, 5.41) is 8.76. The van der Waals surface area contributed by atoms with Crippen molar-refractivity contribution in [3.8, 4) is 0 Å². The molecule has 0 aliphatic heterocycles. The molecule has 0 bridgehead atoms. The van der Waals surface area contributed by atoms with Crippen LogP contribution in [0.1, 0.15) is 17.3 Å². The first-order valence-corrected chi connectivity index (χ1v) is 4.09. The molecule has 0 amide bonds. The van der Waals surface area contributed by atoms with Crippen LogP contribution in [0.4, 0.5) is 0 Å². The number of hydrogen-bond donors (Lipinski definition) is 1. The fourth-order valence-electron chi connectivity index (χ4n) is 1.19. The minimum atomic E-state index is -0.0574. The Kier molecular flexibility index (Phi) is 2.19. The standard InChI is InChI=1S/C10H10O3/c11-7-10-4-3-9(13-10)6-8-2-1-5-12-8/h1-5,11H,6-7H2. The Morgan fingerprint density at radius 1 is 1.08 bits per heavy atom. The average molecular weight is 178 g/mol. The van der Waals surface area contributed by atoms with E-state index in [1.807, 2.05) is 18.2 Å². The molecule has 0 fully saturated rings. The van der Waals surface area contributed by atoms with E-state index < -0.39 is 0 Å². The maximum atomic E-state index is 8.76. The van der Waals surface area contributed by atoms with Crippen LogP contribution in [0.2, 0.25) is 0 Å². The van der Waals surface area contributed by atoms with Gasteiger partial charge < -0.3 is 13.9 Å². The molecular formula is C10H10O3. The zero-order valence-corrected chi connectivity index (χ0v) is 7.06. The Balaban J connectivity index is 2.10. The second-order valence-corrected chi connectivity index (χ2v) is 2.78. The highest BCUT2D eigenvalue weighted by atomic mass is 16.4. The van der Waals surface area contributed by atoms with Gasteiger partial charge in [-0.2, -0.15) is 0 Å². The van der Waals surface area contributed by atoms with Crippen molar-refractivity contribution in [3.05, 3.63) is 47.8 Å². The van der Waals surface area contributed by atoms with Crippen molar-refractivity contribution in [1.82, 2.24) is 0 Å². The third-order valence-corrected chi connectivity index (χ3v) is 1.80. The SMILES string of the molecule is OCc1ccc(Cc2ccco2)o1. The van der Waals surface area contributed by atoms with Crippen molar-refractivity contribution in [2.45, 2.75) is 13.0 Å². The van der Waals surface area contributed by atoms with Gasteiger partial charge >= 0.3 is 0 Å². The van der Waals surface area contributed by atoms with Gasteiger partial charge in [-0.25, -0.2) is 0 Å². The highest BCUT2D eigenvalue weighted by molar-refractivity contribution is 5.13. The van der Waals surface area contributed by atoms with Crippen molar-refractivity contribution in [1.29, 1.82) is 0 Å². The monoisotopic (exact) mass is 178 g/mol. The van der Waals surface area contributed by atoms with Crippen LogP contribution in [0.3, 0.4) is 0 Å². The quantitative estimate of drug-likeness (QED) is 0.781. The van der Waals surface area contributed by atoms with Crippen molar-refractivity contribution in [3.63, 3.8) is 0 Å². The van der Waals surface area contributed by atoms with E-state index in [0.717, 1.165) is 11.5 Å². The highest BCUT2D eigenvalue weighted by Gasteiger charge is 2.03. The molecule has 0 aliphatic rings. The van der Waals surface area contributed by atoms with E-state index in [4.69, 9.17) is 13.9 Å². The molecule has 2 aromatic rings. The van der Waals surface area contributed by atoms with E-state index in [2.05, 4.69) is 0 Å². The molecule has 0 unspecified atom stereocenters. The summed E-state index contributed by atoms with van der Waals surface area (Å²) in [5.41, 5.74) is 0. The van der Waals surface area contributed by atoms with Crippen LogP contribution in [0, 0.1) is 0 Å². The first-order valence-electron chi connectivity index (χ1n) is 4.09. The number of hydrogen-bond acceptors (Lipinski definition) is 3. The Labute approximate surface area is 75.6 Å². The number of furan rings is 2. The molecule has 0 radical (unpaired) electrons. The van der Waals surface area contributed by atoms with Gasteiger partial charge in [0, 0.05) is 0 Å². The molecule has 2 rings (SSSR count). The average Bonchev–Trinajstić information content (AvgIpc) is 2.76. The lowest BCUT2D eigenvalue weighted by Gasteiger charge is -1.91. The fraction of sp³-hybridized carbons (Fsp3) is 0.200. The zero-order valence-electron chi connectivity index (χ0n) is 7.06. The molecule has 0 aromatic carbocycles. The van der Waals surface area contributed by atoms with Gasteiger partial charge in [0.05, 0.1) is 12.7 Å². The lowest BCUT2D eigenvalue weighted by Crippen LogP contribution is -1.81. The zero-order chi connectivity index (χ0) is 9.10. The minimum absolute atomic E-state index is 0.0574. The van der Waals surface area contributed by atoms with Gasteiger partial charge in [0.25, 0.3) is 0 Å². The summed E-state index contributed by atoms with van der Waals surface area (Å²) in [6.07, 6.45) is 2.26. The third-order valence-electron chi connectivity index (χ3n) is 1.80. The molecule has 0 atom stereocenters. The molecule has 3 nitrogen and oxygen atoms in total. The Morgan fingerprint density at radius 3 is 2.54 bits per heavy atom. The predicted octanol–water partition coefficient (Wildman–Crippen LogP) is 1.96. The summed E-state index contributed by atoms with van der Waals surface area (Å²) in [5.74, 6) is 2.25. The van der Waals surface area contributed by atoms with Gasteiger partial charge in [-0.1, -0.05) is 0 Å². The second kappa shape index (κ2) is 3.49. The van der Waals surface area contributed by atoms with Crippen molar-refractivity contribution >= 4 is 0 Å². The van der Waals surface area contributed by atoms with E-state index in [1.165, 1.54) is 0 Å². The molecule has 2 heterocycles. The van der Waals surface area contributed by atoms with Gasteiger partial charge in [0.2, 0.25) is 0 Å². The van der Waals surface area contributed by atoms with E-state index in [0.29, 0.717) is 12.2 Å². The molecule has 2 aromatic heterocycles. The summed E-state index contributed by atoms with van der Waals surface area (Å²) < 4.78 is 10.5. The van der Waals surface area contributed by atoms with Crippen LogP contribution >= 0.6 is 0 Å². The lowest BCUT2D eigenvalue weighted by atomic mass is 10.3. The van der Waals surface area contributed by atoms with Crippen LogP contribution in [0.5, 0.6) is 0 Å². The molecule has 3 heteroatoms. The molecule has 0 spiro atoms. The lowest BCUT2D eigenvalue weighted by molar-refractivity contribution is 0.243. The normalized spacial score (nSPS) is 10.5. The summed E-state index contributed by atoms with van der Waals surface area (Å²) in [4.78, 5) is 0. The molecular weight excluding hydrogens is 168 g/mol. The van der Waals surface area contributed by atoms with Gasteiger partial charge in [-0.05, 0) is 24.3 Å². The van der Waals surface area contributed by atoms with Crippen molar-refractivity contribution in [2.75, 3.05) is 0 Å². The summed E-state index contributed by atoms with van der Waals surface area (Å²) in [6.45, 7) is -0.0574. The third kappa shape index (κ3) is 1.81. The van der Waals surface area contributed by atoms with Crippen LogP contribution in [-0.2, 0) is 13.0 Å². The van der Waals surface area contributed by atoms with Gasteiger partial charge in [-0.15, -0.1) is 0 Å². The van der Waals surface area contributed by atoms with Crippen LogP contribution in [-0.4, -0.2) is 5.11 Å². The first-order chi connectivity index (χ1) is 6.38. The van der Waals surface area contributed by atoms with E-state index in [9.17, 15) is 0 Å². The van der Waals surface area contributed by atoms with E-state index >= 15 is 0 Å². The van der Waals surface area contributed by atoms with Gasteiger partial charge in [-0.3, -0.25) is 0 Å². The second-order valence-electron chi connectivity index (χ2n) is 2.78. The molecule has 68 valence electrons. The molecule has 0 aliphatic carbocycles. The van der Waals surface area contributed by atoms with Gasteiger partial charge in [0.15, 0.2) is 0 Å². The van der Waals surface area contributed by atoms with E-state index in [-0.39, 0.29) is 6.61 Å². The maximum Gasteiger partial charge on any atom is 0.129 e. The Morgan fingerprint density at radius 2 is 1.92 bits per heavy atom. The Hall–Kier alpha value is -1.48. The fourth-order valence-corrected chi connectivity index (χ4v) is 1.19. The highest BCUT2D eigenvalue weighted by Crippen LogP contribution is 2.13. The molecule has 0 saturated carbocycles. The summed E-state index contributed by atoms with van der Waals surface area (Å²) in [7, 11) is 0. The first kappa shape index (κ1) is 8.13. The van der Waals surface area contributed by atoms with Crippen molar-refractivity contribution in [2.24, 2.45) is 0 Å². The molecule has 1 N–H and O–H groups in total. The predicted molar refractivity (Wildman–Crippen MR) is 46.1 cm³/mol. The number of aliphatic hydroxyl groups excluding tert-OH is 1. The Bertz CT molecular complexity index is 359. The molecule has 13 heavy (non-hydrogen) atoms. The van der Waals surface area contributed by atoms with E-state index in [1.54, 1.807) is 12.3 Å². The smallest absolute Gasteiger partial charge is 0.129 e. The number of rotatable bonds is 3. The maximum absolute atomic E-state index is 8.76. The summed E-state index contributed by atoms with van der Waals surface area (Å²) in [6, 6.07) is 7.33. The summed E-state index contributed by atoms with van der Waals surface area (Å²) >= 11 is 0. The van der Waals surface area contributed by atoms with Crippen LogP contribution in [0.15, 0.2) is 39.4 Å². The number of aliphatic hydroxyl groups is 1. The largest absolute Gasteiger partial charge is 0.469 e. The van der Waals surface area contributed by atoms with Crippen LogP contribution in [0.25, 0.3) is 0 Å². The van der Waals surface area contributed by atoms with Crippen LogP contribution < -0.4 is 0 Å². The van der Waals surface area contributed by atoms with Gasteiger partial charge in [0.1, 0.15) is 23.9 Å². The van der Waals surface area contributed by atoms with Crippen molar-refractivity contribution < 1.29 is 13.9 Å². The minimum Gasteiger partial charge on any atom is -0.469 e. The topological polar surface area (TPSA) is 46.5 Å². The molecule has 0 saturated heterocycles.